The highest BCUT2D eigenvalue weighted by atomic mass is 35.5. The molecule has 0 saturated heterocycles. The first-order valence-electron chi connectivity index (χ1n) is 7.26. The molecule has 1 amide bonds. The number of carbonyl (C=O) groups is 1. The molecule has 0 aromatic rings. The number of carbonyl (C=O) groups excluding carboxylic acids is 1. The van der Waals surface area contributed by atoms with E-state index in [0.717, 1.165) is 38.4 Å². The maximum Gasteiger partial charge on any atom is 0.223 e. The van der Waals surface area contributed by atoms with E-state index in [1.807, 2.05) is 0 Å². The number of hydrogen-bond donors (Lipinski definition) is 2. The first-order chi connectivity index (χ1) is 8.27. The average molecular weight is 277 g/mol. The van der Waals surface area contributed by atoms with E-state index in [1.165, 1.54) is 25.7 Å². The van der Waals surface area contributed by atoms with Crippen molar-refractivity contribution in [1.82, 2.24) is 10.6 Å². The summed E-state index contributed by atoms with van der Waals surface area (Å²) in [5.41, 5.74) is 0. The van der Waals surface area contributed by atoms with Gasteiger partial charge in [0.1, 0.15) is 0 Å². The molecule has 1 rings (SSSR count). The molecular formula is C14H29ClN2O. The summed E-state index contributed by atoms with van der Waals surface area (Å²) in [6, 6.07) is 0. The minimum absolute atomic E-state index is 0. The van der Waals surface area contributed by atoms with Crippen molar-refractivity contribution in [1.29, 1.82) is 0 Å². The van der Waals surface area contributed by atoms with Crippen LogP contribution in [-0.2, 0) is 4.79 Å². The minimum Gasteiger partial charge on any atom is -0.355 e. The molecular weight excluding hydrogens is 248 g/mol. The van der Waals surface area contributed by atoms with Gasteiger partial charge in [0.25, 0.3) is 0 Å². The SMILES string of the molecule is CCNCCNC(=O)C(CC)CC1CCCC1.Cl. The normalized spacial score (nSPS) is 17.2. The van der Waals surface area contributed by atoms with Gasteiger partial charge in [-0.25, -0.2) is 0 Å². The number of nitrogens with one attached hydrogen (secondary N) is 2. The standard InChI is InChI=1S/C14H28N2O.ClH/c1-3-13(11-12-7-5-6-8-12)14(17)16-10-9-15-4-2;/h12-13,15H,3-11H2,1-2H3,(H,16,17);1H. The van der Waals surface area contributed by atoms with E-state index < -0.39 is 0 Å². The topological polar surface area (TPSA) is 41.1 Å². The lowest BCUT2D eigenvalue weighted by atomic mass is 9.91. The second-order valence-corrected chi connectivity index (χ2v) is 5.14. The molecule has 0 aromatic carbocycles. The van der Waals surface area contributed by atoms with Crippen molar-refractivity contribution in [3.05, 3.63) is 0 Å². The summed E-state index contributed by atoms with van der Waals surface area (Å²) in [6.07, 6.45) is 7.47. The first kappa shape index (κ1) is 17.7. The lowest BCUT2D eigenvalue weighted by molar-refractivity contribution is -0.125. The van der Waals surface area contributed by atoms with Crippen molar-refractivity contribution in [2.45, 2.75) is 52.4 Å². The van der Waals surface area contributed by atoms with Crippen LogP contribution < -0.4 is 10.6 Å². The average Bonchev–Trinajstić information content (AvgIpc) is 2.84. The van der Waals surface area contributed by atoms with Crippen LogP contribution in [0.2, 0.25) is 0 Å². The summed E-state index contributed by atoms with van der Waals surface area (Å²) in [5, 5.41) is 6.26. The van der Waals surface area contributed by atoms with Gasteiger partial charge >= 0.3 is 0 Å². The van der Waals surface area contributed by atoms with Crippen molar-refractivity contribution in [3.8, 4) is 0 Å². The highest BCUT2D eigenvalue weighted by Gasteiger charge is 2.23. The van der Waals surface area contributed by atoms with Gasteiger partial charge in [-0.05, 0) is 25.3 Å². The van der Waals surface area contributed by atoms with Gasteiger partial charge in [-0.3, -0.25) is 4.79 Å². The monoisotopic (exact) mass is 276 g/mol. The van der Waals surface area contributed by atoms with E-state index in [4.69, 9.17) is 0 Å². The third-order valence-electron chi connectivity index (χ3n) is 3.81. The van der Waals surface area contributed by atoms with E-state index in [9.17, 15) is 4.79 Å². The maximum absolute atomic E-state index is 12.0. The molecule has 0 spiro atoms. The molecule has 0 aliphatic heterocycles. The molecule has 108 valence electrons. The van der Waals surface area contributed by atoms with Crippen molar-refractivity contribution in [2.75, 3.05) is 19.6 Å². The predicted octanol–water partition coefficient (Wildman–Crippen LogP) is 2.74. The third-order valence-corrected chi connectivity index (χ3v) is 3.81. The van der Waals surface area contributed by atoms with Crippen LogP contribution in [0.15, 0.2) is 0 Å². The zero-order chi connectivity index (χ0) is 12.5. The van der Waals surface area contributed by atoms with E-state index in [2.05, 4.69) is 24.5 Å². The van der Waals surface area contributed by atoms with E-state index >= 15 is 0 Å². The number of halogens is 1. The van der Waals surface area contributed by atoms with Crippen LogP contribution >= 0.6 is 12.4 Å². The summed E-state index contributed by atoms with van der Waals surface area (Å²) in [4.78, 5) is 12.0. The molecule has 18 heavy (non-hydrogen) atoms. The van der Waals surface area contributed by atoms with Crippen molar-refractivity contribution in [3.63, 3.8) is 0 Å². The second kappa shape index (κ2) is 10.6. The highest BCUT2D eigenvalue weighted by Crippen LogP contribution is 2.31. The fraction of sp³-hybridized carbons (Fsp3) is 0.929. The largest absolute Gasteiger partial charge is 0.355 e. The minimum atomic E-state index is 0. The van der Waals surface area contributed by atoms with Gasteiger partial charge in [-0.2, -0.15) is 0 Å². The van der Waals surface area contributed by atoms with Crippen LogP contribution in [0.25, 0.3) is 0 Å². The summed E-state index contributed by atoms with van der Waals surface area (Å²) >= 11 is 0. The molecule has 1 atom stereocenters. The summed E-state index contributed by atoms with van der Waals surface area (Å²) < 4.78 is 0. The summed E-state index contributed by atoms with van der Waals surface area (Å²) in [6.45, 7) is 6.81. The van der Waals surface area contributed by atoms with Crippen LogP contribution in [0, 0.1) is 11.8 Å². The van der Waals surface area contributed by atoms with Crippen LogP contribution in [0.1, 0.15) is 52.4 Å². The number of amides is 1. The molecule has 1 fully saturated rings. The molecule has 1 aliphatic rings. The number of likely N-dealkylation sites (N-methyl/N-ethyl adjacent to an activating group) is 1. The number of rotatable bonds is 8. The second-order valence-electron chi connectivity index (χ2n) is 5.14. The highest BCUT2D eigenvalue weighted by molar-refractivity contribution is 5.85. The van der Waals surface area contributed by atoms with Gasteiger partial charge in [0.15, 0.2) is 0 Å². The zero-order valence-corrected chi connectivity index (χ0v) is 12.7. The quantitative estimate of drug-likeness (QED) is 0.670. The van der Waals surface area contributed by atoms with Gasteiger partial charge in [0, 0.05) is 19.0 Å². The van der Waals surface area contributed by atoms with E-state index in [1.54, 1.807) is 0 Å². The van der Waals surface area contributed by atoms with Gasteiger partial charge in [-0.1, -0.05) is 39.5 Å². The van der Waals surface area contributed by atoms with Crippen LogP contribution in [-0.4, -0.2) is 25.5 Å². The molecule has 2 N–H and O–H groups in total. The van der Waals surface area contributed by atoms with Gasteiger partial charge in [0.2, 0.25) is 5.91 Å². The summed E-state index contributed by atoms with van der Waals surface area (Å²) in [5.74, 6) is 1.30. The fourth-order valence-electron chi connectivity index (χ4n) is 2.70. The molecule has 0 radical (unpaired) electrons. The Kier molecular flexibility index (Phi) is 10.5. The lowest BCUT2D eigenvalue weighted by Gasteiger charge is -2.18. The first-order valence-corrected chi connectivity index (χ1v) is 7.26. The van der Waals surface area contributed by atoms with Crippen LogP contribution in [0.4, 0.5) is 0 Å². The van der Waals surface area contributed by atoms with E-state index in [0.29, 0.717) is 0 Å². The van der Waals surface area contributed by atoms with Gasteiger partial charge in [0.05, 0.1) is 0 Å². The van der Waals surface area contributed by atoms with Gasteiger partial charge < -0.3 is 10.6 Å². The lowest BCUT2D eigenvalue weighted by Crippen LogP contribution is -2.36. The molecule has 0 aromatic heterocycles. The maximum atomic E-state index is 12.0. The van der Waals surface area contributed by atoms with Crippen LogP contribution in [0.3, 0.4) is 0 Å². The molecule has 4 heteroatoms. The fourth-order valence-corrected chi connectivity index (χ4v) is 2.70. The summed E-state index contributed by atoms with van der Waals surface area (Å²) in [7, 11) is 0. The third kappa shape index (κ3) is 6.60. The van der Waals surface area contributed by atoms with Crippen LogP contribution in [0.5, 0.6) is 0 Å². The Morgan fingerprint density at radius 2 is 1.89 bits per heavy atom. The Bertz CT molecular complexity index is 218. The Morgan fingerprint density at radius 3 is 2.44 bits per heavy atom. The smallest absolute Gasteiger partial charge is 0.223 e. The Labute approximate surface area is 118 Å². The zero-order valence-electron chi connectivity index (χ0n) is 11.8. The van der Waals surface area contributed by atoms with Crippen molar-refractivity contribution < 1.29 is 4.79 Å². The molecule has 0 heterocycles. The molecule has 3 nitrogen and oxygen atoms in total. The Balaban J connectivity index is 0.00000289. The van der Waals surface area contributed by atoms with Crippen molar-refractivity contribution in [2.24, 2.45) is 11.8 Å². The molecule has 1 aliphatic carbocycles. The molecule has 1 unspecified atom stereocenters. The number of hydrogen-bond acceptors (Lipinski definition) is 2. The Hall–Kier alpha value is -0.280. The van der Waals surface area contributed by atoms with Crippen molar-refractivity contribution >= 4 is 18.3 Å². The molecule has 0 bridgehead atoms. The van der Waals surface area contributed by atoms with Gasteiger partial charge in [-0.15, -0.1) is 12.4 Å². The predicted molar refractivity (Wildman–Crippen MR) is 79.2 cm³/mol. The Morgan fingerprint density at radius 1 is 1.22 bits per heavy atom. The molecule has 1 saturated carbocycles. The van der Waals surface area contributed by atoms with E-state index in [-0.39, 0.29) is 24.2 Å².